The van der Waals surface area contributed by atoms with Crippen LogP contribution in [0, 0.1) is 36.5 Å². The molecular weight excluding hydrogens is 444 g/mol. The number of carbonyl (C=O) groups is 3. The van der Waals surface area contributed by atoms with Gasteiger partial charge in [-0.1, -0.05) is 67.4 Å². The smallest absolute Gasteiger partial charge is 0.163 e. The van der Waals surface area contributed by atoms with Gasteiger partial charge >= 0.3 is 0 Å². The van der Waals surface area contributed by atoms with E-state index in [1.165, 1.54) is 35.6 Å². The summed E-state index contributed by atoms with van der Waals surface area (Å²) < 4.78 is 0. The van der Waals surface area contributed by atoms with Crippen LogP contribution in [-0.4, -0.2) is 17.3 Å². The zero-order valence-electron chi connectivity index (χ0n) is 24.6. The molecule has 0 aromatic heterocycles. The predicted molar refractivity (Wildman–Crippen MR) is 151 cm³/mol. The lowest BCUT2D eigenvalue weighted by molar-refractivity contribution is -0.129. The second kappa shape index (κ2) is 13.7. The van der Waals surface area contributed by atoms with E-state index in [0.29, 0.717) is 24.2 Å². The maximum Gasteiger partial charge on any atom is 0.163 e. The maximum atomic E-state index is 13.7. The van der Waals surface area contributed by atoms with Crippen molar-refractivity contribution in [3.8, 4) is 0 Å². The molecule has 4 atom stereocenters. The Morgan fingerprint density at radius 3 is 2.25 bits per heavy atom. The second-order valence-corrected chi connectivity index (χ2v) is 12.5. The standard InChI is InChI=1S/C33H52O3/c1-10-12-26(28(11-2)31(35)15-23(8)34)16-25-17-30-29(21(5)6)19-27(14-22(7)13-20(3)4)24(9)33(30)32(36)18-25/h19-22,25-26,28H,10-18H2,1-9H3. The molecule has 0 N–H and O–H groups in total. The summed E-state index contributed by atoms with van der Waals surface area (Å²) in [7, 11) is 0. The molecule has 202 valence electrons. The molecule has 0 saturated carbocycles. The van der Waals surface area contributed by atoms with E-state index in [9.17, 15) is 14.4 Å². The minimum absolute atomic E-state index is 0.0415. The zero-order valence-corrected chi connectivity index (χ0v) is 24.6. The molecule has 0 aliphatic heterocycles. The van der Waals surface area contributed by atoms with Crippen LogP contribution in [0.25, 0.3) is 0 Å². The fraction of sp³-hybridized carbons (Fsp3) is 0.727. The van der Waals surface area contributed by atoms with Crippen LogP contribution in [0.4, 0.5) is 0 Å². The van der Waals surface area contributed by atoms with Gasteiger partial charge in [0.15, 0.2) is 5.78 Å². The summed E-state index contributed by atoms with van der Waals surface area (Å²) in [5.41, 5.74) is 6.15. The molecule has 0 spiro atoms. The lowest BCUT2D eigenvalue weighted by atomic mass is 9.70. The highest BCUT2D eigenvalue weighted by molar-refractivity contribution is 6.01. The third kappa shape index (κ3) is 7.86. The van der Waals surface area contributed by atoms with Gasteiger partial charge in [0.1, 0.15) is 11.6 Å². The van der Waals surface area contributed by atoms with Crippen molar-refractivity contribution in [3.05, 3.63) is 33.9 Å². The molecule has 2 rings (SSSR count). The summed E-state index contributed by atoms with van der Waals surface area (Å²) in [4.78, 5) is 38.2. The van der Waals surface area contributed by atoms with Gasteiger partial charge < -0.3 is 0 Å². The first-order valence-corrected chi connectivity index (χ1v) is 14.6. The van der Waals surface area contributed by atoms with Gasteiger partial charge in [0.05, 0.1) is 6.42 Å². The molecule has 0 heterocycles. The summed E-state index contributed by atoms with van der Waals surface area (Å²) in [5.74, 6) is 2.40. The van der Waals surface area contributed by atoms with Crippen LogP contribution < -0.4 is 0 Å². The topological polar surface area (TPSA) is 51.2 Å². The minimum Gasteiger partial charge on any atom is -0.300 e. The van der Waals surface area contributed by atoms with Crippen molar-refractivity contribution in [3.63, 3.8) is 0 Å². The predicted octanol–water partition coefficient (Wildman–Crippen LogP) is 8.47. The van der Waals surface area contributed by atoms with Gasteiger partial charge in [-0.3, -0.25) is 14.4 Å². The van der Waals surface area contributed by atoms with Crippen LogP contribution in [0.5, 0.6) is 0 Å². The van der Waals surface area contributed by atoms with Crippen LogP contribution >= 0.6 is 0 Å². The van der Waals surface area contributed by atoms with E-state index in [2.05, 4.69) is 61.5 Å². The molecule has 0 bridgehead atoms. The number of rotatable bonds is 14. The van der Waals surface area contributed by atoms with Crippen molar-refractivity contribution in [1.29, 1.82) is 0 Å². The zero-order chi connectivity index (χ0) is 27.2. The highest BCUT2D eigenvalue weighted by Gasteiger charge is 2.34. The van der Waals surface area contributed by atoms with E-state index < -0.39 is 0 Å². The van der Waals surface area contributed by atoms with Gasteiger partial charge in [-0.05, 0) is 97.8 Å². The maximum absolute atomic E-state index is 13.7. The van der Waals surface area contributed by atoms with Gasteiger partial charge in [0.25, 0.3) is 0 Å². The molecule has 3 heteroatoms. The molecule has 1 aliphatic carbocycles. The Labute approximate surface area is 221 Å². The minimum atomic E-state index is -0.0820. The first-order chi connectivity index (χ1) is 16.9. The van der Waals surface area contributed by atoms with E-state index in [1.807, 2.05) is 0 Å². The Morgan fingerprint density at radius 2 is 1.72 bits per heavy atom. The molecule has 3 nitrogen and oxygen atoms in total. The van der Waals surface area contributed by atoms with E-state index in [0.717, 1.165) is 44.1 Å². The quantitative estimate of drug-likeness (QED) is 0.243. The number of Topliss-reactive ketones (excluding diaryl/α,β-unsaturated/α-hetero) is 3. The molecule has 0 amide bonds. The summed E-state index contributed by atoms with van der Waals surface area (Å²) in [6.07, 6.45) is 7.42. The van der Waals surface area contributed by atoms with Crippen LogP contribution in [0.3, 0.4) is 0 Å². The first kappa shape index (κ1) is 30.5. The molecule has 1 aliphatic rings. The van der Waals surface area contributed by atoms with Crippen LogP contribution in [-0.2, 0) is 22.4 Å². The largest absolute Gasteiger partial charge is 0.300 e. The van der Waals surface area contributed by atoms with Gasteiger partial charge in [-0.25, -0.2) is 0 Å². The highest BCUT2D eigenvalue weighted by atomic mass is 16.1. The Hall–Kier alpha value is -1.77. The molecule has 0 saturated heterocycles. The summed E-state index contributed by atoms with van der Waals surface area (Å²) in [5, 5.41) is 0. The number of carbonyl (C=O) groups excluding carboxylic acids is 3. The summed E-state index contributed by atoms with van der Waals surface area (Å²) >= 11 is 0. The number of hydrogen-bond acceptors (Lipinski definition) is 3. The molecule has 4 unspecified atom stereocenters. The van der Waals surface area contributed by atoms with Crippen molar-refractivity contribution in [2.45, 2.75) is 126 Å². The fourth-order valence-electron chi connectivity index (χ4n) is 6.88. The summed E-state index contributed by atoms with van der Waals surface area (Å²) in [6, 6.07) is 2.40. The van der Waals surface area contributed by atoms with Crippen molar-refractivity contribution in [1.82, 2.24) is 0 Å². The van der Waals surface area contributed by atoms with Gasteiger partial charge in [0.2, 0.25) is 0 Å². The highest BCUT2D eigenvalue weighted by Crippen LogP contribution is 2.40. The van der Waals surface area contributed by atoms with Crippen molar-refractivity contribution in [2.24, 2.45) is 29.6 Å². The lowest BCUT2D eigenvalue weighted by Crippen LogP contribution is -2.30. The van der Waals surface area contributed by atoms with Gasteiger partial charge in [-0.15, -0.1) is 0 Å². The first-order valence-electron chi connectivity index (χ1n) is 14.6. The monoisotopic (exact) mass is 496 g/mol. The Bertz CT molecular complexity index is 923. The van der Waals surface area contributed by atoms with Crippen LogP contribution in [0.2, 0.25) is 0 Å². The number of fused-ring (bicyclic) bond motifs is 1. The van der Waals surface area contributed by atoms with E-state index >= 15 is 0 Å². The number of ketones is 3. The van der Waals surface area contributed by atoms with Crippen LogP contribution in [0.15, 0.2) is 6.07 Å². The third-order valence-corrected chi connectivity index (χ3v) is 8.29. The van der Waals surface area contributed by atoms with E-state index in [-0.39, 0.29) is 41.5 Å². The third-order valence-electron chi connectivity index (χ3n) is 8.29. The normalized spacial score (nSPS) is 18.3. The average molecular weight is 497 g/mol. The SMILES string of the molecule is CCCC(CC1CC(=O)c2c(C)c(CC(C)CC(C)C)cc(C(C)C)c2C1)C(CC)C(=O)CC(C)=O. The Balaban J connectivity index is 2.37. The Morgan fingerprint density at radius 1 is 1.06 bits per heavy atom. The molecule has 0 radical (unpaired) electrons. The second-order valence-electron chi connectivity index (χ2n) is 12.5. The van der Waals surface area contributed by atoms with E-state index in [4.69, 9.17) is 0 Å². The van der Waals surface area contributed by atoms with Crippen molar-refractivity contribution in [2.75, 3.05) is 0 Å². The van der Waals surface area contributed by atoms with Crippen molar-refractivity contribution >= 4 is 17.3 Å². The fourth-order valence-corrected chi connectivity index (χ4v) is 6.88. The van der Waals surface area contributed by atoms with E-state index in [1.54, 1.807) is 0 Å². The molecule has 1 aromatic rings. The number of hydrogen-bond donors (Lipinski definition) is 0. The number of benzene rings is 1. The summed E-state index contributed by atoms with van der Waals surface area (Å²) in [6.45, 7) is 19.3. The lowest BCUT2D eigenvalue weighted by Gasteiger charge is -2.34. The molecular formula is C33H52O3. The average Bonchev–Trinajstić information content (AvgIpc) is 2.74. The van der Waals surface area contributed by atoms with Gasteiger partial charge in [-0.2, -0.15) is 0 Å². The molecule has 36 heavy (non-hydrogen) atoms. The van der Waals surface area contributed by atoms with Crippen molar-refractivity contribution < 1.29 is 14.4 Å². The molecule has 1 aromatic carbocycles. The molecule has 0 fully saturated rings. The van der Waals surface area contributed by atoms with Gasteiger partial charge in [0, 0.05) is 17.9 Å². The van der Waals surface area contributed by atoms with Crippen LogP contribution in [0.1, 0.15) is 139 Å². The Kier molecular flexibility index (Phi) is 11.6.